The Hall–Kier alpha value is -2.05. The van der Waals surface area contributed by atoms with E-state index in [1.165, 1.54) is 37.1 Å². The third-order valence-electron chi connectivity index (χ3n) is 3.94. The topological polar surface area (TPSA) is 83.8 Å². The van der Waals surface area contributed by atoms with Crippen molar-refractivity contribution in [3.05, 3.63) is 48.0 Å². The zero-order chi connectivity index (χ0) is 18.3. The van der Waals surface area contributed by atoms with Gasteiger partial charge in [-0.15, -0.1) is 0 Å². The van der Waals surface area contributed by atoms with Crippen LogP contribution in [0.3, 0.4) is 0 Å². The maximum atomic E-state index is 11.5. The van der Waals surface area contributed by atoms with Crippen LogP contribution in [0.2, 0.25) is 0 Å². The van der Waals surface area contributed by atoms with Gasteiger partial charge in [-0.3, -0.25) is 4.55 Å². The minimum atomic E-state index is -4.38. The summed E-state index contributed by atoms with van der Waals surface area (Å²) in [5, 5.41) is 9.74. The second kappa shape index (κ2) is 8.87. The standard InChI is InChI=1S/C19H24O5S/c1-2-3-4-5-6-9-15-14-16(20)12-13-17(15)24-18-10-7-8-11-19(18)25(21,22)23/h7-8,10-14,20H,2-6,9H2,1H3,(H,21,22,23). The van der Waals surface area contributed by atoms with E-state index in [9.17, 15) is 18.1 Å². The van der Waals surface area contributed by atoms with E-state index in [1.54, 1.807) is 18.2 Å². The quantitative estimate of drug-likeness (QED) is 0.486. The molecule has 0 atom stereocenters. The first-order valence-corrected chi connectivity index (χ1v) is 9.92. The van der Waals surface area contributed by atoms with Crippen molar-refractivity contribution in [2.75, 3.05) is 0 Å². The number of hydrogen-bond donors (Lipinski definition) is 2. The van der Waals surface area contributed by atoms with Crippen molar-refractivity contribution < 1.29 is 22.8 Å². The average molecular weight is 364 g/mol. The van der Waals surface area contributed by atoms with E-state index in [1.807, 2.05) is 0 Å². The summed E-state index contributed by atoms with van der Waals surface area (Å²) in [6.45, 7) is 2.16. The van der Waals surface area contributed by atoms with Gasteiger partial charge in [-0.1, -0.05) is 44.7 Å². The number of aryl methyl sites for hydroxylation is 1. The molecule has 0 bridgehead atoms. The van der Waals surface area contributed by atoms with Gasteiger partial charge in [0.1, 0.15) is 22.1 Å². The molecule has 0 spiro atoms. The van der Waals surface area contributed by atoms with E-state index >= 15 is 0 Å². The molecule has 2 aromatic carbocycles. The van der Waals surface area contributed by atoms with Crippen molar-refractivity contribution in [2.24, 2.45) is 0 Å². The number of unbranched alkanes of at least 4 members (excludes halogenated alkanes) is 4. The molecule has 0 saturated heterocycles. The van der Waals surface area contributed by atoms with Crippen molar-refractivity contribution in [2.45, 2.75) is 50.3 Å². The summed E-state index contributed by atoms with van der Waals surface area (Å²) in [5.41, 5.74) is 0.807. The van der Waals surface area contributed by atoms with Crippen LogP contribution in [-0.4, -0.2) is 18.1 Å². The number of phenols is 1. The van der Waals surface area contributed by atoms with Crippen LogP contribution < -0.4 is 4.74 Å². The summed E-state index contributed by atoms with van der Waals surface area (Å²) < 4.78 is 38.1. The van der Waals surface area contributed by atoms with Gasteiger partial charge in [-0.05, 0) is 48.7 Å². The van der Waals surface area contributed by atoms with Crippen LogP contribution in [-0.2, 0) is 16.5 Å². The molecule has 0 unspecified atom stereocenters. The molecule has 2 aromatic rings. The molecule has 136 valence electrons. The highest BCUT2D eigenvalue weighted by molar-refractivity contribution is 7.86. The lowest BCUT2D eigenvalue weighted by atomic mass is 10.0. The highest BCUT2D eigenvalue weighted by atomic mass is 32.2. The molecular weight excluding hydrogens is 340 g/mol. The zero-order valence-corrected chi connectivity index (χ0v) is 15.1. The maximum absolute atomic E-state index is 11.5. The van der Waals surface area contributed by atoms with Crippen LogP contribution in [0, 0.1) is 0 Å². The summed E-state index contributed by atoms with van der Waals surface area (Å²) in [7, 11) is -4.38. The van der Waals surface area contributed by atoms with Crippen molar-refractivity contribution in [1.29, 1.82) is 0 Å². The Morgan fingerprint density at radius 1 is 0.960 bits per heavy atom. The van der Waals surface area contributed by atoms with Crippen LogP contribution in [0.1, 0.15) is 44.6 Å². The van der Waals surface area contributed by atoms with Crippen molar-refractivity contribution in [1.82, 2.24) is 0 Å². The second-order valence-corrected chi connectivity index (χ2v) is 7.37. The largest absolute Gasteiger partial charge is 0.508 e. The second-order valence-electron chi connectivity index (χ2n) is 5.98. The van der Waals surface area contributed by atoms with Gasteiger partial charge in [-0.25, -0.2) is 0 Å². The Kier molecular flexibility index (Phi) is 6.84. The Balaban J connectivity index is 2.20. The molecule has 0 fully saturated rings. The van der Waals surface area contributed by atoms with Crippen LogP contribution in [0.4, 0.5) is 0 Å². The number of para-hydroxylation sites is 1. The third kappa shape index (κ3) is 5.76. The molecule has 0 aliphatic heterocycles. The summed E-state index contributed by atoms with van der Waals surface area (Å²) in [4.78, 5) is -0.281. The average Bonchev–Trinajstić information content (AvgIpc) is 2.56. The molecule has 6 heteroatoms. The number of aromatic hydroxyl groups is 1. The highest BCUT2D eigenvalue weighted by Crippen LogP contribution is 2.33. The first-order valence-electron chi connectivity index (χ1n) is 8.48. The van der Waals surface area contributed by atoms with Gasteiger partial charge >= 0.3 is 0 Å². The molecule has 0 aliphatic rings. The Bertz CT molecular complexity index is 799. The fourth-order valence-corrected chi connectivity index (χ4v) is 3.26. The first kappa shape index (κ1) is 19.3. The molecular formula is C19H24O5S. The van der Waals surface area contributed by atoms with Gasteiger partial charge in [-0.2, -0.15) is 8.42 Å². The molecule has 0 radical (unpaired) electrons. The number of ether oxygens (including phenoxy) is 1. The Labute approximate surface area is 149 Å². The van der Waals surface area contributed by atoms with E-state index in [-0.39, 0.29) is 16.4 Å². The van der Waals surface area contributed by atoms with Gasteiger partial charge in [0.25, 0.3) is 10.1 Å². The minimum Gasteiger partial charge on any atom is -0.508 e. The monoisotopic (exact) mass is 364 g/mol. The number of phenolic OH excluding ortho intramolecular Hbond substituents is 1. The van der Waals surface area contributed by atoms with E-state index in [0.29, 0.717) is 5.75 Å². The van der Waals surface area contributed by atoms with E-state index < -0.39 is 10.1 Å². The lowest BCUT2D eigenvalue weighted by Gasteiger charge is -2.13. The minimum absolute atomic E-state index is 0.0583. The molecule has 0 amide bonds. The van der Waals surface area contributed by atoms with Gasteiger partial charge in [0.15, 0.2) is 0 Å². The summed E-state index contributed by atoms with van der Waals surface area (Å²) in [6, 6.07) is 10.7. The maximum Gasteiger partial charge on any atom is 0.298 e. The number of rotatable bonds is 9. The van der Waals surface area contributed by atoms with Gasteiger partial charge in [0.2, 0.25) is 0 Å². The van der Waals surface area contributed by atoms with E-state index in [0.717, 1.165) is 31.2 Å². The van der Waals surface area contributed by atoms with Gasteiger partial charge in [0.05, 0.1) is 0 Å². The number of hydrogen-bond acceptors (Lipinski definition) is 4. The molecule has 0 heterocycles. The molecule has 25 heavy (non-hydrogen) atoms. The predicted molar refractivity (Wildman–Crippen MR) is 96.9 cm³/mol. The summed E-state index contributed by atoms with van der Waals surface area (Å²) >= 11 is 0. The van der Waals surface area contributed by atoms with Crippen molar-refractivity contribution in [3.8, 4) is 17.2 Å². The van der Waals surface area contributed by atoms with Crippen LogP contribution in [0.15, 0.2) is 47.4 Å². The summed E-state index contributed by atoms with van der Waals surface area (Å²) in [6.07, 6.45) is 6.31. The van der Waals surface area contributed by atoms with Crippen LogP contribution >= 0.6 is 0 Å². The van der Waals surface area contributed by atoms with Crippen LogP contribution in [0.5, 0.6) is 17.2 Å². The fourth-order valence-electron chi connectivity index (χ4n) is 2.65. The molecule has 5 nitrogen and oxygen atoms in total. The SMILES string of the molecule is CCCCCCCc1cc(O)ccc1Oc1ccccc1S(=O)(=O)O. The van der Waals surface area contributed by atoms with Gasteiger partial charge in [0, 0.05) is 0 Å². The van der Waals surface area contributed by atoms with Crippen LogP contribution in [0.25, 0.3) is 0 Å². The lowest BCUT2D eigenvalue weighted by molar-refractivity contribution is 0.440. The highest BCUT2D eigenvalue weighted by Gasteiger charge is 2.17. The molecule has 0 aliphatic carbocycles. The third-order valence-corrected chi connectivity index (χ3v) is 4.83. The number of benzene rings is 2. The molecule has 2 N–H and O–H groups in total. The smallest absolute Gasteiger partial charge is 0.298 e. The zero-order valence-electron chi connectivity index (χ0n) is 14.3. The molecule has 2 rings (SSSR count). The van der Waals surface area contributed by atoms with Crippen molar-refractivity contribution >= 4 is 10.1 Å². The molecule has 0 saturated carbocycles. The van der Waals surface area contributed by atoms with E-state index in [2.05, 4.69) is 6.92 Å². The predicted octanol–water partition coefficient (Wildman–Crippen LogP) is 4.94. The molecule has 0 aromatic heterocycles. The van der Waals surface area contributed by atoms with E-state index in [4.69, 9.17) is 4.74 Å². The van der Waals surface area contributed by atoms with Gasteiger partial charge < -0.3 is 9.84 Å². The summed E-state index contributed by atoms with van der Waals surface area (Å²) in [5.74, 6) is 0.672. The first-order chi connectivity index (χ1) is 11.9. The fraction of sp³-hybridized carbons (Fsp3) is 0.368. The Morgan fingerprint density at radius 2 is 1.68 bits per heavy atom. The normalized spacial score (nSPS) is 11.4. The lowest BCUT2D eigenvalue weighted by Crippen LogP contribution is -2.01. The van der Waals surface area contributed by atoms with Crippen molar-refractivity contribution in [3.63, 3.8) is 0 Å². The Morgan fingerprint density at radius 3 is 2.40 bits per heavy atom.